The second-order valence-corrected chi connectivity index (χ2v) is 6.43. The maximum atomic E-state index is 11.9. The number of pyridine rings is 1. The minimum absolute atomic E-state index is 0.279. The summed E-state index contributed by atoms with van der Waals surface area (Å²) in [6.45, 7) is 0.497. The summed E-state index contributed by atoms with van der Waals surface area (Å²) in [6.07, 6.45) is 4.72. The Balaban J connectivity index is 1.35. The molecule has 1 heterocycles. The molecule has 1 amide bonds. The lowest BCUT2D eigenvalue weighted by molar-refractivity contribution is 0.0955. The van der Waals surface area contributed by atoms with Crippen LogP contribution in [0.15, 0.2) is 96.4 Å². The maximum Gasteiger partial charge on any atom is 0.271 e. The lowest BCUT2D eigenvalue weighted by Gasteiger charge is -2.09. The number of amides is 1. The van der Waals surface area contributed by atoms with Crippen molar-refractivity contribution >= 4 is 22.9 Å². The van der Waals surface area contributed by atoms with Crippen molar-refractivity contribution in [3.8, 4) is 5.75 Å². The van der Waals surface area contributed by atoms with E-state index in [1.54, 1.807) is 30.7 Å². The lowest BCUT2D eigenvalue weighted by atomic mass is 10.1. The van der Waals surface area contributed by atoms with Gasteiger partial charge in [0.1, 0.15) is 12.4 Å². The Hall–Kier alpha value is -3.99. The van der Waals surface area contributed by atoms with E-state index in [-0.39, 0.29) is 5.91 Å². The van der Waals surface area contributed by atoms with Crippen molar-refractivity contribution in [3.63, 3.8) is 0 Å². The second-order valence-electron chi connectivity index (χ2n) is 6.43. The molecule has 0 aliphatic heterocycles. The highest BCUT2D eigenvalue weighted by Gasteiger charge is 2.03. The van der Waals surface area contributed by atoms with E-state index in [4.69, 9.17) is 4.74 Å². The molecular formula is C24H19N3O2. The fourth-order valence-corrected chi connectivity index (χ4v) is 2.96. The SMILES string of the molecule is O=C(NN=Cc1ccc(OCc2cccc3ccccc23)cc1)c1ccncc1. The molecule has 5 heteroatoms. The summed E-state index contributed by atoms with van der Waals surface area (Å²) in [7, 11) is 0. The van der Waals surface area contributed by atoms with Gasteiger partial charge in [0.15, 0.2) is 0 Å². The number of fused-ring (bicyclic) bond motifs is 1. The van der Waals surface area contributed by atoms with Crippen LogP contribution in [0.25, 0.3) is 10.8 Å². The van der Waals surface area contributed by atoms with Gasteiger partial charge in [0.05, 0.1) is 6.21 Å². The van der Waals surface area contributed by atoms with Crippen molar-refractivity contribution in [1.29, 1.82) is 0 Å². The van der Waals surface area contributed by atoms with Gasteiger partial charge >= 0.3 is 0 Å². The fourth-order valence-electron chi connectivity index (χ4n) is 2.96. The molecule has 4 aromatic rings. The predicted octanol–water partition coefficient (Wildman–Crippen LogP) is 4.58. The molecule has 0 saturated heterocycles. The van der Waals surface area contributed by atoms with Crippen molar-refractivity contribution in [2.75, 3.05) is 0 Å². The van der Waals surface area contributed by atoms with Crippen LogP contribution in [0.5, 0.6) is 5.75 Å². The van der Waals surface area contributed by atoms with Gasteiger partial charge in [-0.05, 0) is 58.3 Å². The van der Waals surface area contributed by atoms with Crippen molar-refractivity contribution in [2.24, 2.45) is 5.10 Å². The summed E-state index contributed by atoms with van der Waals surface area (Å²) < 4.78 is 5.94. The van der Waals surface area contributed by atoms with Crippen LogP contribution < -0.4 is 10.2 Å². The number of aromatic nitrogens is 1. The zero-order valence-electron chi connectivity index (χ0n) is 15.7. The molecule has 142 valence electrons. The van der Waals surface area contributed by atoms with E-state index in [0.29, 0.717) is 12.2 Å². The summed E-state index contributed by atoms with van der Waals surface area (Å²) in [6, 6.07) is 25.3. The highest BCUT2D eigenvalue weighted by atomic mass is 16.5. The fraction of sp³-hybridized carbons (Fsp3) is 0.0417. The smallest absolute Gasteiger partial charge is 0.271 e. The number of hydrogen-bond donors (Lipinski definition) is 1. The van der Waals surface area contributed by atoms with Crippen molar-refractivity contribution in [1.82, 2.24) is 10.4 Å². The summed E-state index contributed by atoms with van der Waals surface area (Å²) in [5.41, 5.74) is 5.01. The van der Waals surface area contributed by atoms with Gasteiger partial charge in [0.25, 0.3) is 5.91 Å². The largest absolute Gasteiger partial charge is 0.489 e. The number of carbonyl (C=O) groups is 1. The van der Waals surface area contributed by atoms with Crippen molar-refractivity contribution in [2.45, 2.75) is 6.61 Å². The van der Waals surface area contributed by atoms with E-state index in [9.17, 15) is 4.79 Å². The first-order chi connectivity index (χ1) is 14.3. The van der Waals surface area contributed by atoms with Crippen LogP contribution in [0.3, 0.4) is 0 Å². The Morgan fingerprint density at radius 3 is 2.52 bits per heavy atom. The Labute approximate surface area is 168 Å². The van der Waals surface area contributed by atoms with Crippen LogP contribution in [0.2, 0.25) is 0 Å². The van der Waals surface area contributed by atoms with Crippen LogP contribution in [0, 0.1) is 0 Å². The number of hydrazone groups is 1. The highest BCUT2D eigenvalue weighted by molar-refractivity contribution is 5.94. The average molecular weight is 381 g/mol. The molecule has 0 atom stereocenters. The summed E-state index contributed by atoms with van der Waals surface area (Å²) in [4.78, 5) is 15.8. The minimum atomic E-state index is -0.279. The molecule has 0 radical (unpaired) electrons. The van der Waals surface area contributed by atoms with Crippen LogP contribution in [-0.4, -0.2) is 17.1 Å². The third-order valence-corrected chi connectivity index (χ3v) is 4.48. The van der Waals surface area contributed by atoms with E-state index in [1.807, 2.05) is 42.5 Å². The minimum Gasteiger partial charge on any atom is -0.489 e. The standard InChI is InChI=1S/C24H19N3O2/c28-24(20-12-14-25-15-13-20)27-26-16-18-8-10-22(11-9-18)29-17-21-6-3-5-19-4-1-2-7-23(19)21/h1-16H,17H2,(H,27,28). The van der Waals surface area contributed by atoms with Gasteiger partial charge in [0.2, 0.25) is 0 Å². The molecule has 1 aromatic heterocycles. The zero-order chi connectivity index (χ0) is 19.9. The molecule has 29 heavy (non-hydrogen) atoms. The monoisotopic (exact) mass is 381 g/mol. The van der Waals surface area contributed by atoms with Crippen LogP contribution in [0.4, 0.5) is 0 Å². The number of nitrogens with one attached hydrogen (secondary N) is 1. The van der Waals surface area contributed by atoms with Crippen molar-refractivity contribution < 1.29 is 9.53 Å². The molecule has 3 aromatic carbocycles. The van der Waals surface area contributed by atoms with E-state index in [0.717, 1.165) is 16.9 Å². The first-order valence-electron chi connectivity index (χ1n) is 9.22. The summed E-state index contributed by atoms with van der Waals surface area (Å²) >= 11 is 0. The molecule has 0 saturated carbocycles. The van der Waals surface area contributed by atoms with Crippen molar-refractivity contribution in [3.05, 3.63) is 108 Å². The van der Waals surface area contributed by atoms with Gasteiger partial charge in [-0.2, -0.15) is 5.10 Å². The maximum absolute atomic E-state index is 11.9. The van der Waals surface area contributed by atoms with Gasteiger partial charge in [-0.15, -0.1) is 0 Å². The molecule has 4 rings (SSSR count). The van der Waals surface area contributed by atoms with Gasteiger partial charge in [-0.3, -0.25) is 9.78 Å². The number of carbonyl (C=O) groups excluding carboxylic acids is 1. The molecule has 0 spiro atoms. The average Bonchev–Trinajstić information content (AvgIpc) is 2.79. The number of nitrogens with zero attached hydrogens (tertiary/aromatic N) is 2. The Morgan fingerprint density at radius 1 is 0.931 bits per heavy atom. The zero-order valence-corrected chi connectivity index (χ0v) is 15.7. The Bertz CT molecular complexity index is 1130. The Kier molecular flexibility index (Phi) is 5.58. The molecule has 0 bridgehead atoms. The first kappa shape index (κ1) is 18.4. The molecule has 5 nitrogen and oxygen atoms in total. The number of benzene rings is 3. The van der Waals surface area contributed by atoms with Gasteiger partial charge in [-0.1, -0.05) is 42.5 Å². The highest BCUT2D eigenvalue weighted by Crippen LogP contribution is 2.20. The van der Waals surface area contributed by atoms with Crippen LogP contribution >= 0.6 is 0 Å². The molecule has 0 aliphatic carbocycles. The molecule has 0 aliphatic rings. The first-order valence-corrected chi connectivity index (χ1v) is 9.22. The number of ether oxygens (including phenoxy) is 1. The second kappa shape index (κ2) is 8.80. The summed E-state index contributed by atoms with van der Waals surface area (Å²) in [5.74, 6) is 0.495. The molecular weight excluding hydrogens is 362 g/mol. The third-order valence-electron chi connectivity index (χ3n) is 4.48. The molecule has 0 unspecified atom stereocenters. The molecule has 1 N–H and O–H groups in total. The van der Waals surface area contributed by atoms with Gasteiger partial charge < -0.3 is 4.74 Å². The van der Waals surface area contributed by atoms with Gasteiger partial charge in [0, 0.05) is 18.0 Å². The number of rotatable bonds is 6. The topological polar surface area (TPSA) is 63.6 Å². The molecule has 0 fully saturated rings. The quantitative estimate of drug-likeness (QED) is 0.393. The van der Waals surface area contributed by atoms with E-state index in [2.05, 4.69) is 39.8 Å². The summed E-state index contributed by atoms with van der Waals surface area (Å²) in [5, 5.41) is 6.39. The Morgan fingerprint density at radius 2 is 1.69 bits per heavy atom. The third kappa shape index (κ3) is 4.65. The number of hydrogen-bond acceptors (Lipinski definition) is 4. The van der Waals surface area contributed by atoms with E-state index >= 15 is 0 Å². The van der Waals surface area contributed by atoms with Crippen LogP contribution in [0.1, 0.15) is 21.5 Å². The predicted molar refractivity (Wildman–Crippen MR) is 114 cm³/mol. The van der Waals surface area contributed by atoms with E-state index in [1.165, 1.54) is 10.8 Å². The lowest BCUT2D eigenvalue weighted by Crippen LogP contribution is -2.17. The van der Waals surface area contributed by atoms with Crippen LogP contribution in [-0.2, 0) is 6.61 Å². The van der Waals surface area contributed by atoms with Gasteiger partial charge in [-0.25, -0.2) is 5.43 Å². The normalized spacial score (nSPS) is 10.9. The van der Waals surface area contributed by atoms with E-state index < -0.39 is 0 Å².